The van der Waals surface area contributed by atoms with Gasteiger partial charge in [-0.1, -0.05) is 19.9 Å². The summed E-state index contributed by atoms with van der Waals surface area (Å²) in [6.07, 6.45) is 0. The molecule has 0 aliphatic carbocycles. The van der Waals surface area contributed by atoms with Crippen LogP contribution in [0.2, 0.25) is 0 Å². The third kappa shape index (κ3) is 5.25. The lowest BCUT2D eigenvalue weighted by atomic mass is 9.95. The van der Waals surface area contributed by atoms with E-state index in [4.69, 9.17) is 15.2 Å². The zero-order valence-corrected chi connectivity index (χ0v) is 16.8. The molecule has 3 N–H and O–H groups in total. The van der Waals surface area contributed by atoms with Crippen molar-refractivity contribution < 1.29 is 19.1 Å². The summed E-state index contributed by atoms with van der Waals surface area (Å²) in [5.41, 5.74) is 7.01. The normalized spacial score (nSPS) is 11.8. The van der Waals surface area contributed by atoms with Gasteiger partial charge >= 0.3 is 0 Å². The van der Waals surface area contributed by atoms with Crippen LogP contribution in [0.15, 0.2) is 42.5 Å². The van der Waals surface area contributed by atoms with Gasteiger partial charge in [-0.3, -0.25) is 9.59 Å². The first kappa shape index (κ1) is 21.3. The molecule has 0 fully saturated rings. The number of hydrogen-bond donors (Lipinski definition) is 2. The van der Waals surface area contributed by atoms with Crippen molar-refractivity contribution in [1.29, 1.82) is 0 Å². The fourth-order valence-electron chi connectivity index (χ4n) is 2.91. The fourth-order valence-corrected chi connectivity index (χ4v) is 2.91. The Bertz CT molecular complexity index is 816. The number of nitrogens with one attached hydrogen (secondary N) is 1. The molecule has 1 atom stereocenters. The van der Waals surface area contributed by atoms with Crippen molar-refractivity contribution in [3.05, 3.63) is 59.2 Å². The Morgan fingerprint density at radius 3 is 2.04 bits per heavy atom. The molecule has 0 saturated carbocycles. The number of ether oxygens (including phenoxy) is 2. The molecule has 2 aromatic rings. The van der Waals surface area contributed by atoms with Gasteiger partial charge < -0.3 is 20.5 Å². The third-order valence-corrected chi connectivity index (χ3v) is 4.31. The molecule has 2 aromatic carbocycles. The Kier molecular flexibility index (Phi) is 7.44. The second-order valence-corrected chi connectivity index (χ2v) is 6.71. The highest BCUT2D eigenvalue weighted by Crippen LogP contribution is 2.33. The molecule has 0 heterocycles. The fraction of sp³-hybridized carbons (Fsp3) is 0.364. The van der Waals surface area contributed by atoms with Gasteiger partial charge in [-0.2, -0.15) is 0 Å². The highest BCUT2D eigenvalue weighted by atomic mass is 16.5. The summed E-state index contributed by atoms with van der Waals surface area (Å²) < 4.78 is 11.3. The highest BCUT2D eigenvalue weighted by Gasteiger charge is 2.21. The van der Waals surface area contributed by atoms with Crippen molar-refractivity contribution in [2.75, 3.05) is 13.2 Å². The van der Waals surface area contributed by atoms with Gasteiger partial charge in [0.1, 0.15) is 0 Å². The minimum Gasteiger partial charge on any atom is -0.490 e. The lowest BCUT2D eigenvalue weighted by Gasteiger charge is -2.24. The van der Waals surface area contributed by atoms with Gasteiger partial charge in [-0.15, -0.1) is 0 Å². The van der Waals surface area contributed by atoms with E-state index in [0.29, 0.717) is 35.8 Å². The second-order valence-electron chi connectivity index (χ2n) is 6.71. The first-order valence-electron chi connectivity index (χ1n) is 9.47. The number of rotatable bonds is 9. The van der Waals surface area contributed by atoms with Crippen LogP contribution < -0.4 is 20.5 Å². The summed E-state index contributed by atoms with van der Waals surface area (Å²) >= 11 is 0. The molecule has 150 valence electrons. The minimum absolute atomic E-state index is 0.154. The molecule has 0 bridgehead atoms. The van der Waals surface area contributed by atoms with Crippen molar-refractivity contribution >= 4 is 11.8 Å². The number of primary amides is 1. The van der Waals surface area contributed by atoms with E-state index in [0.717, 1.165) is 5.56 Å². The predicted molar refractivity (Wildman–Crippen MR) is 109 cm³/mol. The van der Waals surface area contributed by atoms with E-state index < -0.39 is 5.91 Å². The van der Waals surface area contributed by atoms with Crippen LogP contribution in [0.3, 0.4) is 0 Å². The van der Waals surface area contributed by atoms with Gasteiger partial charge in [-0.25, -0.2) is 0 Å². The quantitative estimate of drug-likeness (QED) is 0.689. The van der Waals surface area contributed by atoms with Crippen molar-refractivity contribution in [3.8, 4) is 11.5 Å². The van der Waals surface area contributed by atoms with Gasteiger partial charge in [0.15, 0.2) is 11.5 Å². The zero-order valence-electron chi connectivity index (χ0n) is 16.8. The zero-order chi connectivity index (χ0) is 20.7. The van der Waals surface area contributed by atoms with E-state index in [1.807, 2.05) is 45.9 Å². The maximum Gasteiger partial charge on any atom is 0.251 e. The average Bonchev–Trinajstić information content (AvgIpc) is 2.67. The van der Waals surface area contributed by atoms with Crippen LogP contribution in [-0.2, 0) is 0 Å². The molecular weight excluding hydrogens is 356 g/mol. The minimum atomic E-state index is -0.523. The van der Waals surface area contributed by atoms with Crippen LogP contribution in [0.1, 0.15) is 60.0 Å². The largest absolute Gasteiger partial charge is 0.490 e. The standard InChI is InChI=1S/C22H28N2O4/c1-5-27-18-12-11-17(13-19(18)28-6-2)20(14(3)4)24-22(26)16-9-7-15(8-10-16)21(23)25/h7-14,20H,5-6H2,1-4H3,(H2,23,25)(H,24,26). The second kappa shape index (κ2) is 9.78. The van der Waals surface area contributed by atoms with E-state index in [9.17, 15) is 9.59 Å². The Balaban J connectivity index is 2.26. The first-order valence-corrected chi connectivity index (χ1v) is 9.47. The maximum atomic E-state index is 12.7. The summed E-state index contributed by atoms with van der Waals surface area (Å²) in [5.74, 6) is 0.754. The number of carbonyl (C=O) groups is 2. The molecule has 2 amide bonds. The Morgan fingerprint density at radius 2 is 1.50 bits per heavy atom. The van der Waals surface area contributed by atoms with Gasteiger partial charge in [0.25, 0.3) is 5.91 Å². The van der Waals surface area contributed by atoms with Crippen LogP contribution in [0.25, 0.3) is 0 Å². The number of amides is 2. The number of carbonyl (C=O) groups excluding carboxylic acids is 2. The molecule has 0 saturated heterocycles. The molecule has 0 aliphatic heterocycles. The maximum absolute atomic E-state index is 12.7. The molecule has 6 nitrogen and oxygen atoms in total. The molecule has 28 heavy (non-hydrogen) atoms. The molecule has 2 rings (SSSR count). The van der Waals surface area contributed by atoms with E-state index in [1.165, 1.54) is 0 Å². The molecule has 0 aromatic heterocycles. The molecule has 6 heteroatoms. The Hall–Kier alpha value is -3.02. The van der Waals surface area contributed by atoms with Gasteiger partial charge in [-0.05, 0) is 61.7 Å². The Labute approximate surface area is 166 Å². The topological polar surface area (TPSA) is 90.6 Å². The SMILES string of the molecule is CCOc1ccc(C(NC(=O)c2ccc(C(N)=O)cc2)C(C)C)cc1OCC. The Morgan fingerprint density at radius 1 is 0.929 bits per heavy atom. The molecular formula is C22H28N2O4. The number of nitrogens with two attached hydrogens (primary N) is 1. The number of benzene rings is 2. The van der Waals surface area contributed by atoms with Crippen LogP contribution >= 0.6 is 0 Å². The molecule has 1 unspecified atom stereocenters. The van der Waals surface area contributed by atoms with Gasteiger partial charge in [0, 0.05) is 11.1 Å². The summed E-state index contributed by atoms with van der Waals surface area (Å²) in [6, 6.07) is 11.8. The van der Waals surface area contributed by atoms with E-state index in [-0.39, 0.29) is 17.9 Å². The van der Waals surface area contributed by atoms with Crippen molar-refractivity contribution in [1.82, 2.24) is 5.32 Å². The van der Waals surface area contributed by atoms with E-state index in [2.05, 4.69) is 5.32 Å². The molecule has 0 aliphatic rings. The van der Waals surface area contributed by atoms with Gasteiger partial charge in [0.05, 0.1) is 19.3 Å². The number of hydrogen-bond acceptors (Lipinski definition) is 4. The molecule has 0 radical (unpaired) electrons. The van der Waals surface area contributed by atoms with Crippen molar-refractivity contribution in [2.45, 2.75) is 33.7 Å². The van der Waals surface area contributed by atoms with Crippen LogP contribution in [0.5, 0.6) is 11.5 Å². The lowest BCUT2D eigenvalue weighted by molar-refractivity contribution is 0.0923. The average molecular weight is 384 g/mol. The predicted octanol–water partition coefficient (Wildman–Crippen LogP) is 3.71. The molecule has 0 spiro atoms. The summed E-state index contributed by atoms with van der Waals surface area (Å²) in [7, 11) is 0. The summed E-state index contributed by atoms with van der Waals surface area (Å²) in [6.45, 7) is 8.99. The summed E-state index contributed by atoms with van der Waals surface area (Å²) in [5, 5.41) is 3.07. The highest BCUT2D eigenvalue weighted by molar-refractivity contribution is 5.97. The van der Waals surface area contributed by atoms with Crippen molar-refractivity contribution in [3.63, 3.8) is 0 Å². The van der Waals surface area contributed by atoms with Gasteiger partial charge in [0.2, 0.25) is 5.91 Å². The van der Waals surface area contributed by atoms with Crippen LogP contribution in [0.4, 0.5) is 0 Å². The first-order chi connectivity index (χ1) is 13.4. The van der Waals surface area contributed by atoms with E-state index in [1.54, 1.807) is 24.3 Å². The van der Waals surface area contributed by atoms with Crippen molar-refractivity contribution in [2.24, 2.45) is 11.7 Å². The third-order valence-electron chi connectivity index (χ3n) is 4.31. The monoisotopic (exact) mass is 384 g/mol. The summed E-state index contributed by atoms with van der Waals surface area (Å²) in [4.78, 5) is 23.9. The van der Waals surface area contributed by atoms with E-state index >= 15 is 0 Å². The van der Waals surface area contributed by atoms with Crippen LogP contribution in [-0.4, -0.2) is 25.0 Å². The smallest absolute Gasteiger partial charge is 0.251 e. The lowest BCUT2D eigenvalue weighted by Crippen LogP contribution is -2.31. The van der Waals surface area contributed by atoms with Crippen LogP contribution in [0, 0.1) is 5.92 Å².